The number of primary amides is 1. The first-order chi connectivity index (χ1) is 10.1. The van der Waals surface area contributed by atoms with Gasteiger partial charge in [-0.2, -0.15) is 0 Å². The summed E-state index contributed by atoms with van der Waals surface area (Å²) in [7, 11) is 3.98. The van der Waals surface area contributed by atoms with E-state index in [4.69, 9.17) is 10.5 Å². The molecule has 1 amide bonds. The lowest BCUT2D eigenvalue weighted by molar-refractivity contribution is 0.100. The largest absolute Gasteiger partial charge is 0.491 e. The van der Waals surface area contributed by atoms with Crippen LogP contribution in [0, 0.1) is 0 Å². The van der Waals surface area contributed by atoms with Gasteiger partial charge in [0, 0.05) is 17.7 Å². The second-order valence-electron chi connectivity index (χ2n) is 4.94. The average Bonchev–Trinajstić information content (AvgIpc) is 2.47. The monoisotopic (exact) mass is 285 g/mol. The van der Waals surface area contributed by atoms with E-state index in [0.717, 1.165) is 12.1 Å². The van der Waals surface area contributed by atoms with Crippen molar-refractivity contribution in [3.63, 3.8) is 0 Å². The van der Waals surface area contributed by atoms with Crippen molar-refractivity contribution in [1.29, 1.82) is 0 Å². The Hall–Kier alpha value is -2.40. The number of aromatic nitrogens is 1. The molecule has 0 aliphatic heterocycles. The van der Waals surface area contributed by atoms with E-state index in [-0.39, 0.29) is 0 Å². The van der Waals surface area contributed by atoms with Gasteiger partial charge < -0.3 is 15.4 Å². The summed E-state index contributed by atoms with van der Waals surface area (Å²) in [6.45, 7) is 1.44. The highest BCUT2D eigenvalue weighted by Crippen LogP contribution is 2.23. The van der Waals surface area contributed by atoms with Gasteiger partial charge in [-0.25, -0.2) is 0 Å². The van der Waals surface area contributed by atoms with Crippen LogP contribution in [-0.2, 0) is 0 Å². The maximum Gasteiger partial charge on any atom is 0.249 e. The summed E-state index contributed by atoms with van der Waals surface area (Å²) < 4.78 is 5.59. The molecule has 0 unspecified atom stereocenters. The number of amides is 1. The lowest BCUT2D eigenvalue weighted by Crippen LogP contribution is -2.19. The van der Waals surface area contributed by atoms with Crippen LogP contribution in [0.5, 0.6) is 5.75 Å². The third-order valence-electron chi connectivity index (χ3n) is 3.01. The maximum atomic E-state index is 11.4. The van der Waals surface area contributed by atoms with Gasteiger partial charge in [-0.15, -0.1) is 0 Å². The van der Waals surface area contributed by atoms with Crippen LogP contribution in [0.25, 0.3) is 11.3 Å². The number of carbonyl (C=O) groups is 1. The van der Waals surface area contributed by atoms with Gasteiger partial charge >= 0.3 is 0 Å². The molecular formula is C16H19N3O2. The van der Waals surface area contributed by atoms with E-state index >= 15 is 0 Å². The van der Waals surface area contributed by atoms with Crippen molar-refractivity contribution in [3.8, 4) is 17.0 Å². The molecule has 1 aromatic heterocycles. The van der Waals surface area contributed by atoms with Crippen molar-refractivity contribution in [2.24, 2.45) is 5.73 Å². The lowest BCUT2D eigenvalue weighted by atomic mass is 10.0. The molecule has 2 aromatic rings. The van der Waals surface area contributed by atoms with Gasteiger partial charge in [0.1, 0.15) is 12.4 Å². The molecule has 0 fully saturated rings. The quantitative estimate of drug-likeness (QED) is 0.878. The first-order valence-electron chi connectivity index (χ1n) is 6.70. The van der Waals surface area contributed by atoms with Crippen molar-refractivity contribution in [1.82, 2.24) is 9.88 Å². The first-order valence-corrected chi connectivity index (χ1v) is 6.70. The summed E-state index contributed by atoms with van der Waals surface area (Å²) in [5, 5.41) is 0. The minimum Gasteiger partial charge on any atom is -0.491 e. The third-order valence-corrected chi connectivity index (χ3v) is 3.01. The second-order valence-corrected chi connectivity index (χ2v) is 4.94. The fourth-order valence-corrected chi connectivity index (χ4v) is 1.89. The van der Waals surface area contributed by atoms with Gasteiger partial charge in [-0.3, -0.25) is 9.78 Å². The molecular weight excluding hydrogens is 266 g/mol. The second kappa shape index (κ2) is 6.85. The van der Waals surface area contributed by atoms with Crippen molar-refractivity contribution < 1.29 is 9.53 Å². The minimum atomic E-state index is -0.460. The standard InChI is InChI=1S/C16H19N3O2/c1-19(2)9-10-21-12-7-8-15(18-11-12)13-5-3-4-6-14(13)16(17)20/h3-8,11H,9-10H2,1-2H3,(H2,17,20). The summed E-state index contributed by atoms with van der Waals surface area (Å²) in [5.41, 5.74) is 7.27. The zero-order valence-electron chi connectivity index (χ0n) is 12.2. The molecule has 0 aliphatic rings. The summed E-state index contributed by atoms with van der Waals surface area (Å²) in [5.74, 6) is 0.246. The molecule has 0 spiro atoms. The zero-order valence-corrected chi connectivity index (χ0v) is 12.2. The molecule has 1 aromatic carbocycles. The van der Waals surface area contributed by atoms with Crippen molar-refractivity contribution in [2.45, 2.75) is 0 Å². The van der Waals surface area contributed by atoms with Gasteiger partial charge in [0.15, 0.2) is 0 Å². The molecule has 1 heterocycles. The predicted octanol–water partition coefficient (Wildman–Crippen LogP) is 1.79. The van der Waals surface area contributed by atoms with Gasteiger partial charge in [0.05, 0.1) is 11.9 Å². The van der Waals surface area contributed by atoms with Crippen LogP contribution in [-0.4, -0.2) is 43.0 Å². The highest BCUT2D eigenvalue weighted by molar-refractivity contribution is 5.99. The number of hydrogen-bond acceptors (Lipinski definition) is 4. The third kappa shape index (κ3) is 4.03. The molecule has 0 saturated carbocycles. The van der Waals surface area contributed by atoms with Crippen LogP contribution in [0.2, 0.25) is 0 Å². The minimum absolute atomic E-state index is 0.460. The van der Waals surface area contributed by atoms with Crippen LogP contribution in [0.3, 0.4) is 0 Å². The van der Waals surface area contributed by atoms with E-state index in [2.05, 4.69) is 4.98 Å². The first kappa shape index (κ1) is 15.0. The smallest absolute Gasteiger partial charge is 0.249 e. The van der Waals surface area contributed by atoms with Gasteiger partial charge in [-0.05, 0) is 32.3 Å². The molecule has 2 rings (SSSR count). The van der Waals surface area contributed by atoms with E-state index in [0.29, 0.717) is 23.6 Å². The fourth-order valence-electron chi connectivity index (χ4n) is 1.89. The van der Waals surface area contributed by atoms with Crippen LogP contribution in [0.1, 0.15) is 10.4 Å². The number of benzene rings is 1. The summed E-state index contributed by atoms with van der Waals surface area (Å²) in [6, 6.07) is 10.8. The number of nitrogens with two attached hydrogens (primary N) is 1. The number of ether oxygens (including phenoxy) is 1. The van der Waals surface area contributed by atoms with Crippen LogP contribution < -0.4 is 10.5 Å². The Bertz CT molecular complexity index is 609. The molecule has 0 bridgehead atoms. The molecule has 110 valence electrons. The van der Waals surface area contributed by atoms with Crippen molar-refractivity contribution in [2.75, 3.05) is 27.2 Å². The number of hydrogen-bond donors (Lipinski definition) is 1. The van der Waals surface area contributed by atoms with E-state index in [1.165, 1.54) is 0 Å². The predicted molar refractivity (Wildman–Crippen MR) is 82.2 cm³/mol. The SMILES string of the molecule is CN(C)CCOc1ccc(-c2ccccc2C(N)=O)nc1. The Kier molecular flexibility index (Phi) is 4.90. The molecule has 5 nitrogen and oxygen atoms in total. The molecule has 5 heteroatoms. The van der Waals surface area contributed by atoms with Crippen LogP contribution >= 0.6 is 0 Å². The highest BCUT2D eigenvalue weighted by atomic mass is 16.5. The Balaban J connectivity index is 2.14. The van der Waals surface area contributed by atoms with Gasteiger partial charge in [-0.1, -0.05) is 18.2 Å². The van der Waals surface area contributed by atoms with E-state index in [1.54, 1.807) is 18.3 Å². The summed E-state index contributed by atoms with van der Waals surface area (Å²) in [6.07, 6.45) is 1.66. The van der Waals surface area contributed by atoms with E-state index in [1.807, 2.05) is 43.3 Å². The van der Waals surface area contributed by atoms with Crippen molar-refractivity contribution in [3.05, 3.63) is 48.2 Å². The molecule has 0 atom stereocenters. The Morgan fingerprint density at radius 1 is 1.24 bits per heavy atom. The summed E-state index contributed by atoms with van der Waals surface area (Å²) >= 11 is 0. The van der Waals surface area contributed by atoms with Crippen molar-refractivity contribution >= 4 is 5.91 Å². The van der Waals surface area contributed by atoms with Gasteiger partial charge in [0.2, 0.25) is 5.91 Å². The van der Waals surface area contributed by atoms with E-state index in [9.17, 15) is 4.79 Å². The summed E-state index contributed by atoms with van der Waals surface area (Å²) in [4.78, 5) is 17.8. The lowest BCUT2D eigenvalue weighted by Gasteiger charge is -2.11. The number of pyridine rings is 1. The fraction of sp³-hybridized carbons (Fsp3) is 0.250. The number of likely N-dealkylation sites (N-methyl/N-ethyl adjacent to an activating group) is 1. The van der Waals surface area contributed by atoms with Crippen LogP contribution in [0.15, 0.2) is 42.6 Å². The molecule has 2 N–H and O–H groups in total. The zero-order chi connectivity index (χ0) is 15.2. The molecule has 0 radical (unpaired) electrons. The normalized spacial score (nSPS) is 10.6. The van der Waals surface area contributed by atoms with E-state index < -0.39 is 5.91 Å². The molecule has 0 aliphatic carbocycles. The Labute approximate surface area is 124 Å². The van der Waals surface area contributed by atoms with Gasteiger partial charge in [0.25, 0.3) is 0 Å². The average molecular weight is 285 g/mol. The van der Waals surface area contributed by atoms with Crippen LogP contribution in [0.4, 0.5) is 0 Å². The molecule has 0 saturated heterocycles. The Morgan fingerprint density at radius 3 is 2.62 bits per heavy atom. The molecule has 21 heavy (non-hydrogen) atoms. The maximum absolute atomic E-state index is 11.4. The number of carbonyl (C=O) groups excluding carboxylic acids is 1. The topological polar surface area (TPSA) is 68.5 Å². The highest BCUT2D eigenvalue weighted by Gasteiger charge is 2.10. The Morgan fingerprint density at radius 2 is 2.00 bits per heavy atom. The number of rotatable bonds is 6. The number of nitrogens with zero attached hydrogens (tertiary/aromatic N) is 2.